The topological polar surface area (TPSA) is 63.7 Å². The summed E-state index contributed by atoms with van der Waals surface area (Å²) in [5, 5.41) is 0.139. The first kappa shape index (κ1) is 22.6. The molecule has 8 heteroatoms. The first-order valence-corrected chi connectivity index (χ1v) is 11.8. The third-order valence-electron chi connectivity index (χ3n) is 4.62. The highest BCUT2D eigenvalue weighted by molar-refractivity contribution is 14.1. The molecule has 1 fully saturated rings. The molecule has 5 nitrogen and oxygen atoms in total. The molecule has 0 spiro atoms. The van der Waals surface area contributed by atoms with Gasteiger partial charge in [-0.05, 0) is 81.9 Å². The summed E-state index contributed by atoms with van der Waals surface area (Å²) >= 11 is 9.11. The molecule has 0 radical (unpaired) electrons. The van der Waals surface area contributed by atoms with Crippen LogP contribution in [0.3, 0.4) is 0 Å². The molecule has 1 aliphatic rings. The lowest BCUT2D eigenvalue weighted by atomic mass is 10.2. The van der Waals surface area contributed by atoms with Gasteiger partial charge in [-0.3, -0.25) is 14.5 Å². The minimum Gasteiger partial charge on any atom is -0.423 e. The summed E-state index contributed by atoms with van der Waals surface area (Å²) in [4.78, 5) is 39.2. The van der Waals surface area contributed by atoms with E-state index in [4.69, 9.17) is 16.3 Å². The number of amides is 2. The van der Waals surface area contributed by atoms with Crippen molar-refractivity contribution in [2.24, 2.45) is 0 Å². The largest absolute Gasteiger partial charge is 0.423 e. The van der Waals surface area contributed by atoms with Gasteiger partial charge in [0, 0.05) is 8.59 Å². The lowest BCUT2D eigenvalue weighted by Gasteiger charge is -2.13. The number of hydrogen-bond acceptors (Lipinski definition) is 5. The van der Waals surface area contributed by atoms with E-state index in [0.717, 1.165) is 15.3 Å². The molecule has 0 unspecified atom stereocenters. The van der Waals surface area contributed by atoms with E-state index in [1.165, 1.54) is 4.90 Å². The number of ether oxygens (including phenoxy) is 1. The van der Waals surface area contributed by atoms with E-state index >= 15 is 0 Å². The van der Waals surface area contributed by atoms with Gasteiger partial charge in [-0.1, -0.05) is 54.1 Å². The van der Waals surface area contributed by atoms with Crippen LogP contribution in [0.5, 0.6) is 5.75 Å². The standard InChI is InChI=1S/C24H15ClINO4S/c25-19-10-3-1-7-16(19)14-27-22(28)21(32-24(27)30)13-15-6-5-8-17(12-15)31-23(29)18-9-2-4-11-20(18)26/h1-13H,14H2/b21-13-. The van der Waals surface area contributed by atoms with Gasteiger partial charge in [0.05, 0.1) is 17.0 Å². The SMILES string of the molecule is O=C(Oc1cccc(/C=C2\SC(=O)N(Cc3ccccc3Cl)C2=O)c1)c1ccccc1I. The average molecular weight is 576 g/mol. The first-order chi connectivity index (χ1) is 15.4. The molecule has 0 saturated carbocycles. The minimum absolute atomic E-state index is 0.106. The van der Waals surface area contributed by atoms with Crippen LogP contribution in [0.15, 0.2) is 77.7 Å². The van der Waals surface area contributed by atoms with Gasteiger partial charge in [-0.2, -0.15) is 0 Å². The van der Waals surface area contributed by atoms with Crippen LogP contribution in [-0.4, -0.2) is 22.0 Å². The zero-order chi connectivity index (χ0) is 22.7. The molecule has 160 valence electrons. The summed E-state index contributed by atoms with van der Waals surface area (Å²) in [5.74, 6) is -0.507. The number of rotatable bonds is 5. The van der Waals surface area contributed by atoms with Gasteiger partial charge in [-0.25, -0.2) is 4.79 Å². The van der Waals surface area contributed by atoms with E-state index in [1.54, 1.807) is 66.7 Å². The third-order valence-corrected chi connectivity index (χ3v) is 6.84. The Hall–Kier alpha value is -2.62. The fourth-order valence-electron chi connectivity index (χ4n) is 3.04. The predicted molar refractivity (Wildman–Crippen MR) is 134 cm³/mol. The number of benzene rings is 3. The second-order valence-corrected chi connectivity index (χ2v) is 9.36. The van der Waals surface area contributed by atoms with Crippen molar-refractivity contribution in [3.05, 3.63) is 103 Å². The monoisotopic (exact) mass is 575 g/mol. The Bertz CT molecular complexity index is 1260. The van der Waals surface area contributed by atoms with Crippen molar-refractivity contribution in [2.75, 3.05) is 0 Å². The highest BCUT2D eigenvalue weighted by atomic mass is 127. The normalized spacial score (nSPS) is 14.8. The van der Waals surface area contributed by atoms with Gasteiger partial charge in [0.1, 0.15) is 5.75 Å². The fourth-order valence-corrected chi connectivity index (χ4v) is 4.68. The number of carbonyl (C=O) groups excluding carboxylic acids is 3. The quantitative estimate of drug-likeness (QED) is 0.152. The van der Waals surface area contributed by atoms with Gasteiger partial charge < -0.3 is 4.74 Å². The van der Waals surface area contributed by atoms with Crippen molar-refractivity contribution in [1.29, 1.82) is 0 Å². The van der Waals surface area contributed by atoms with Crippen molar-refractivity contribution in [2.45, 2.75) is 6.54 Å². The molecule has 0 bridgehead atoms. The van der Waals surface area contributed by atoms with Crippen molar-refractivity contribution >= 4 is 69.1 Å². The number of carbonyl (C=O) groups is 3. The molecular formula is C24H15ClINO4S. The molecule has 0 aromatic heterocycles. The number of thioether (sulfide) groups is 1. The molecular weight excluding hydrogens is 561 g/mol. The van der Waals surface area contributed by atoms with Gasteiger partial charge in [0.15, 0.2) is 0 Å². The van der Waals surface area contributed by atoms with Crippen LogP contribution >= 0.6 is 46.0 Å². The second kappa shape index (κ2) is 9.89. The smallest absolute Gasteiger partial charge is 0.344 e. The summed E-state index contributed by atoms with van der Waals surface area (Å²) in [6, 6.07) is 21.0. The summed E-state index contributed by atoms with van der Waals surface area (Å²) < 4.78 is 6.28. The number of hydrogen-bond donors (Lipinski definition) is 0. The van der Waals surface area contributed by atoms with Crippen LogP contribution < -0.4 is 4.74 Å². The zero-order valence-electron chi connectivity index (χ0n) is 16.5. The molecule has 2 amide bonds. The molecule has 1 saturated heterocycles. The van der Waals surface area contributed by atoms with Gasteiger partial charge >= 0.3 is 5.97 Å². The highest BCUT2D eigenvalue weighted by Gasteiger charge is 2.35. The lowest BCUT2D eigenvalue weighted by molar-refractivity contribution is -0.123. The van der Waals surface area contributed by atoms with Crippen LogP contribution in [0.4, 0.5) is 4.79 Å². The molecule has 0 N–H and O–H groups in total. The van der Waals surface area contributed by atoms with E-state index in [9.17, 15) is 14.4 Å². The van der Waals surface area contributed by atoms with Crippen molar-refractivity contribution in [3.63, 3.8) is 0 Å². The molecule has 1 heterocycles. The summed E-state index contributed by atoms with van der Waals surface area (Å²) in [6.07, 6.45) is 1.61. The Morgan fingerprint density at radius 1 is 1.03 bits per heavy atom. The molecule has 3 aromatic carbocycles. The van der Waals surface area contributed by atoms with Gasteiger partial charge in [0.2, 0.25) is 0 Å². The van der Waals surface area contributed by atoms with E-state index in [-0.39, 0.29) is 17.7 Å². The Morgan fingerprint density at radius 2 is 1.78 bits per heavy atom. The van der Waals surface area contributed by atoms with Crippen LogP contribution in [0.1, 0.15) is 21.5 Å². The van der Waals surface area contributed by atoms with Crippen molar-refractivity contribution in [3.8, 4) is 5.75 Å². The molecule has 32 heavy (non-hydrogen) atoms. The first-order valence-electron chi connectivity index (χ1n) is 9.48. The molecule has 0 aliphatic carbocycles. The van der Waals surface area contributed by atoms with E-state index < -0.39 is 5.97 Å². The number of imide groups is 1. The van der Waals surface area contributed by atoms with Crippen LogP contribution in [0.25, 0.3) is 6.08 Å². The summed E-state index contributed by atoms with van der Waals surface area (Å²) in [6.45, 7) is 0.106. The Labute approximate surface area is 207 Å². The Morgan fingerprint density at radius 3 is 2.56 bits per heavy atom. The maximum absolute atomic E-state index is 12.8. The fraction of sp³-hybridized carbons (Fsp3) is 0.0417. The van der Waals surface area contributed by atoms with Gasteiger partial charge in [0.25, 0.3) is 11.1 Å². The van der Waals surface area contributed by atoms with E-state index in [1.807, 2.05) is 12.1 Å². The lowest BCUT2D eigenvalue weighted by Crippen LogP contribution is -2.27. The van der Waals surface area contributed by atoms with Gasteiger partial charge in [-0.15, -0.1) is 0 Å². The molecule has 1 aliphatic heterocycles. The second-order valence-electron chi connectivity index (χ2n) is 6.80. The Balaban J connectivity index is 1.51. The molecule has 3 aromatic rings. The van der Waals surface area contributed by atoms with Crippen LogP contribution in [-0.2, 0) is 11.3 Å². The predicted octanol–water partition coefficient (Wildman–Crippen LogP) is 6.40. The minimum atomic E-state index is -0.466. The maximum atomic E-state index is 12.8. The number of halogens is 2. The van der Waals surface area contributed by atoms with Crippen LogP contribution in [0.2, 0.25) is 5.02 Å². The van der Waals surface area contributed by atoms with Crippen molar-refractivity contribution in [1.82, 2.24) is 4.90 Å². The van der Waals surface area contributed by atoms with E-state index in [2.05, 4.69) is 22.6 Å². The third kappa shape index (κ3) is 5.06. The molecule has 4 rings (SSSR count). The number of esters is 1. The highest BCUT2D eigenvalue weighted by Crippen LogP contribution is 2.34. The van der Waals surface area contributed by atoms with Crippen LogP contribution in [0, 0.1) is 3.57 Å². The average Bonchev–Trinajstić information content (AvgIpc) is 3.03. The van der Waals surface area contributed by atoms with E-state index in [0.29, 0.717) is 32.4 Å². The van der Waals surface area contributed by atoms with Crippen molar-refractivity contribution < 1.29 is 19.1 Å². The molecule has 0 atom stereocenters. The summed E-state index contributed by atoms with van der Waals surface area (Å²) in [5.41, 5.74) is 1.81. The zero-order valence-corrected chi connectivity index (χ0v) is 20.2. The Kier molecular flexibility index (Phi) is 6.98. The number of nitrogens with zero attached hydrogens (tertiary/aromatic N) is 1. The maximum Gasteiger partial charge on any atom is 0.344 e. The summed E-state index contributed by atoms with van der Waals surface area (Å²) in [7, 11) is 0.